The van der Waals surface area contributed by atoms with E-state index in [1.54, 1.807) is 4.90 Å². The minimum Gasteiger partial charge on any atom is -0.491 e. The Hall–Kier alpha value is -3.46. The largest absolute Gasteiger partial charge is 0.491 e. The van der Waals surface area contributed by atoms with Crippen molar-refractivity contribution in [3.63, 3.8) is 0 Å². The van der Waals surface area contributed by atoms with Crippen LogP contribution in [0, 0.1) is 5.82 Å². The van der Waals surface area contributed by atoms with Gasteiger partial charge in [0.25, 0.3) is 5.56 Å². The third kappa shape index (κ3) is 2.90. The first-order valence-electron chi connectivity index (χ1n) is 9.16. The Balaban J connectivity index is 1.59. The lowest BCUT2D eigenvalue weighted by atomic mass is 9.96. The van der Waals surface area contributed by atoms with E-state index in [1.807, 2.05) is 24.3 Å². The van der Waals surface area contributed by atoms with Gasteiger partial charge in [-0.2, -0.15) is 0 Å². The van der Waals surface area contributed by atoms with E-state index in [1.165, 1.54) is 12.3 Å². The Kier molecular flexibility index (Phi) is 4.17. The topological polar surface area (TPSA) is 89.7 Å². The first kappa shape index (κ1) is 17.6. The molecule has 0 spiro atoms. The van der Waals surface area contributed by atoms with E-state index in [4.69, 9.17) is 9.47 Å². The van der Waals surface area contributed by atoms with Gasteiger partial charge in [0.1, 0.15) is 18.5 Å². The van der Waals surface area contributed by atoms with E-state index in [0.29, 0.717) is 24.5 Å². The maximum Gasteiger partial charge on any atom is 0.288 e. The van der Waals surface area contributed by atoms with Crippen LogP contribution < -0.4 is 15.2 Å². The molecule has 2 unspecified atom stereocenters. The maximum atomic E-state index is 14.2. The molecule has 2 aliphatic heterocycles. The molecular weight excluding hydrogens is 379 g/mol. The highest BCUT2D eigenvalue weighted by Crippen LogP contribution is 2.39. The Morgan fingerprint density at radius 3 is 2.97 bits per heavy atom. The van der Waals surface area contributed by atoms with Crippen molar-refractivity contribution in [2.24, 2.45) is 0 Å². The summed E-state index contributed by atoms with van der Waals surface area (Å²) in [6, 6.07) is 9.82. The van der Waals surface area contributed by atoms with Crippen molar-refractivity contribution in [2.45, 2.75) is 12.1 Å². The molecule has 0 aliphatic carbocycles. The third-order valence-electron chi connectivity index (χ3n) is 5.20. The van der Waals surface area contributed by atoms with Crippen molar-refractivity contribution < 1.29 is 19.1 Å². The highest BCUT2D eigenvalue weighted by atomic mass is 19.1. The van der Waals surface area contributed by atoms with Gasteiger partial charge in [0.15, 0.2) is 5.82 Å². The molecule has 5 rings (SSSR count). The van der Waals surface area contributed by atoms with E-state index in [9.17, 15) is 14.4 Å². The monoisotopic (exact) mass is 396 g/mol. The number of aromatic nitrogens is 3. The summed E-state index contributed by atoms with van der Waals surface area (Å²) in [4.78, 5) is 22.3. The van der Waals surface area contributed by atoms with Crippen molar-refractivity contribution in [3.8, 4) is 17.0 Å². The van der Waals surface area contributed by atoms with Crippen molar-refractivity contribution in [2.75, 3.05) is 24.7 Å². The summed E-state index contributed by atoms with van der Waals surface area (Å²) in [6.45, 7) is 1.06. The van der Waals surface area contributed by atoms with Gasteiger partial charge in [-0.25, -0.2) is 9.37 Å². The highest BCUT2D eigenvalue weighted by molar-refractivity contribution is 5.60. The first-order valence-corrected chi connectivity index (χ1v) is 9.16. The number of pyridine rings is 1. The van der Waals surface area contributed by atoms with Gasteiger partial charge in [-0.15, -0.1) is 4.73 Å². The number of rotatable bonds is 2. The summed E-state index contributed by atoms with van der Waals surface area (Å²) in [5.74, 6) is 0.165. The number of hydrogen-bond acceptors (Lipinski definition) is 7. The molecule has 1 aromatic carbocycles. The van der Waals surface area contributed by atoms with Gasteiger partial charge < -0.3 is 19.6 Å². The summed E-state index contributed by atoms with van der Waals surface area (Å²) in [7, 11) is 0. The van der Waals surface area contributed by atoms with Gasteiger partial charge >= 0.3 is 0 Å². The zero-order valence-electron chi connectivity index (χ0n) is 15.2. The summed E-state index contributed by atoms with van der Waals surface area (Å²) in [5.41, 5.74) is 0.447. The van der Waals surface area contributed by atoms with Crippen LogP contribution >= 0.6 is 0 Å². The Bertz CT molecular complexity index is 1140. The number of halogens is 1. The molecule has 0 saturated carbocycles. The molecule has 4 heterocycles. The van der Waals surface area contributed by atoms with Crippen LogP contribution in [0.2, 0.25) is 0 Å². The van der Waals surface area contributed by atoms with Crippen molar-refractivity contribution in [1.29, 1.82) is 0 Å². The lowest BCUT2D eigenvalue weighted by Crippen LogP contribution is -2.53. The molecule has 2 atom stereocenters. The van der Waals surface area contributed by atoms with E-state index in [2.05, 4.69) is 9.97 Å². The average molecular weight is 396 g/mol. The Morgan fingerprint density at radius 2 is 2.10 bits per heavy atom. The van der Waals surface area contributed by atoms with Gasteiger partial charge in [0.05, 0.1) is 24.5 Å². The molecule has 148 valence electrons. The number of morpholine rings is 1. The molecule has 1 N–H and O–H groups in total. The predicted octanol–water partition coefficient (Wildman–Crippen LogP) is 2.02. The normalized spacial score (nSPS) is 20.5. The van der Waals surface area contributed by atoms with Crippen molar-refractivity contribution in [1.82, 2.24) is 14.7 Å². The number of benzene rings is 1. The molecule has 0 radical (unpaired) electrons. The van der Waals surface area contributed by atoms with Gasteiger partial charge in [-0.1, -0.05) is 18.2 Å². The molecule has 2 aliphatic rings. The number of nitrogens with zero attached hydrogens (tertiary/aromatic N) is 4. The summed E-state index contributed by atoms with van der Waals surface area (Å²) >= 11 is 0. The van der Waals surface area contributed by atoms with Crippen molar-refractivity contribution in [3.05, 3.63) is 70.5 Å². The lowest BCUT2D eigenvalue weighted by molar-refractivity contribution is -0.0178. The van der Waals surface area contributed by atoms with Crippen LogP contribution in [-0.4, -0.2) is 45.7 Å². The third-order valence-corrected chi connectivity index (χ3v) is 5.20. The van der Waals surface area contributed by atoms with Gasteiger partial charge in [-0.05, 0) is 12.1 Å². The number of ether oxygens (including phenoxy) is 2. The highest BCUT2D eigenvalue weighted by Gasteiger charge is 2.40. The zero-order chi connectivity index (χ0) is 20.0. The van der Waals surface area contributed by atoms with Crippen LogP contribution in [0.3, 0.4) is 0 Å². The summed E-state index contributed by atoms with van der Waals surface area (Å²) < 4.78 is 26.5. The fourth-order valence-electron chi connectivity index (χ4n) is 3.83. The molecule has 3 aromatic rings. The first-order chi connectivity index (χ1) is 14.1. The van der Waals surface area contributed by atoms with Crippen LogP contribution in [0.4, 0.5) is 10.3 Å². The van der Waals surface area contributed by atoms with Crippen molar-refractivity contribution >= 4 is 5.95 Å². The molecule has 29 heavy (non-hydrogen) atoms. The average Bonchev–Trinajstić information content (AvgIpc) is 2.75. The second kappa shape index (κ2) is 6.85. The summed E-state index contributed by atoms with van der Waals surface area (Å²) in [6.07, 6.45) is 2.17. The Labute approximate surface area is 164 Å². The number of fused-ring (bicyclic) bond motifs is 3. The SMILES string of the molecule is O=c1cc(-c2ccncc2F)nc(N2CCOC3c4ccccc4OCC32)n1O. The van der Waals surface area contributed by atoms with E-state index in [0.717, 1.165) is 23.6 Å². The van der Waals surface area contributed by atoms with Crippen LogP contribution in [0.1, 0.15) is 11.7 Å². The smallest absolute Gasteiger partial charge is 0.288 e. The number of para-hydroxylation sites is 1. The molecular formula is C20H17FN4O4. The molecule has 0 amide bonds. The van der Waals surface area contributed by atoms with E-state index < -0.39 is 11.4 Å². The molecule has 9 heteroatoms. The lowest BCUT2D eigenvalue weighted by Gasteiger charge is -2.44. The van der Waals surface area contributed by atoms with Gasteiger partial charge in [0, 0.05) is 29.9 Å². The van der Waals surface area contributed by atoms with E-state index >= 15 is 0 Å². The standard InChI is InChI=1S/C20H17FN4O4/c21-14-10-22-6-5-12(14)15-9-18(26)25(27)20(23-15)24-7-8-28-19-13-3-1-2-4-17(13)29-11-16(19)24/h1-6,9-10,16,19,27H,7-8,11H2. The van der Waals surface area contributed by atoms with E-state index in [-0.39, 0.29) is 29.4 Å². The van der Waals surface area contributed by atoms with Gasteiger partial charge in [-0.3, -0.25) is 9.78 Å². The van der Waals surface area contributed by atoms with Crippen LogP contribution in [0.25, 0.3) is 11.3 Å². The second-order valence-electron chi connectivity index (χ2n) is 6.85. The Morgan fingerprint density at radius 1 is 1.24 bits per heavy atom. The number of anilines is 1. The van der Waals surface area contributed by atoms with Crippen LogP contribution in [0.15, 0.2) is 53.6 Å². The zero-order valence-corrected chi connectivity index (χ0v) is 15.2. The molecule has 1 saturated heterocycles. The maximum absolute atomic E-state index is 14.2. The summed E-state index contributed by atoms with van der Waals surface area (Å²) in [5, 5.41) is 10.4. The minimum atomic E-state index is -0.707. The minimum absolute atomic E-state index is 0.0185. The van der Waals surface area contributed by atoms with Crippen LogP contribution in [-0.2, 0) is 4.74 Å². The number of hydrogen-bond donors (Lipinski definition) is 1. The fourth-order valence-corrected chi connectivity index (χ4v) is 3.83. The molecule has 1 fully saturated rings. The second-order valence-corrected chi connectivity index (χ2v) is 6.85. The quantitative estimate of drug-likeness (QED) is 0.663. The fraction of sp³-hybridized carbons (Fsp3) is 0.250. The predicted molar refractivity (Wildman–Crippen MR) is 101 cm³/mol. The molecule has 0 bridgehead atoms. The molecule has 8 nitrogen and oxygen atoms in total. The molecule has 2 aromatic heterocycles. The van der Waals surface area contributed by atoms with Gasteiger partial charge in [0.2, 0.25) is 5.95 Å². The van der Waals surface area contributed by atoms with Crippen LogP contribution in [0.5, 0.6) is 5.75 Å².